The quantitative estimate of drug-likeness (QED) is 0.737. The number of piperidine rings is 1. The van der Waals surface area contributed by atoms with Crippen molar-refractivity contribution in [2.75, 3.05) is 33.2 Å². The topological polar surface area (TPSA) is 15.7 Å². The minimum atomic E-state index is 0.533. The van der Waals surface area contributed by atoms with E-state index < -0.39 is 0 Å². The van der Waals surface area contributed by atoms with Crippen molar-refractivity contribution in [3.05, 3.63) is 0 Å². The fourth-order valence-electron chi connectivity index (χ4n) is 3.38. The Morgan fingerprint density at radius 1 is 1.12 bits per heavy atom. The Balaban J connectivity index is 1.38. The lowest BCUT2D eigenvalue weighted by Crippen LogP contribution is -2.61. The van der Waals surface area contributed by atoms with Crippen LogP contribution in [0.1, 0.15) is 25.7 Å². The zero-order valence-corrected chi connectivity index (χ0v) is 11.0. The van der Waals surface area contributed by atoms with Gasteiger partial charge in [0.2, 0.25) is 0 Å². The van der Waals surface area contributed by atoms with Gasteiger partial charge in [0.1, 0.15) is 0 Å². The highest BCUT2D eigenvalue weighted by Gasteiger charge is 2.52. The molecule has 1 aliphatic carbocycles. The van der Waals surface area contributed by atoms with Gasteiger partial charge in [0.15, 0.2) is 0 Å². The van der Waals surface area contributed by atoms with Crippen LogP contribution in [0.5, 0.6) is 0 Å². The molecule has 0 aromatic rings. The molecule has 2 heterocycles. The van der Waals surface area contributed by atoms with E-state index in [1.165, 1.54) is 51.9 Å². The normalized spacial score (nSPS) is 32.6. The maximum Gasteiger partial charge on any atom is 0.0603 e. The molecule has 3 fully saturated rings. The average molecular weight is 242 g/mol. The predicted octanol–water partition coefficient (Wildman–Crippen LogP) is 1.41. The Morgan fingerprint density at radius 2 is 1.75 bits per heavy atom. The maximum absolute atomic E-state index is 6.17. The van der Waals surface area contributed by atoms with Gasteiger partial charge in [0.25, 0.3) is 0 Å². The smallest absolute Gasteiger partial charge is 0.0603 e. The van der Waals surface area contributed by atoms with Gasteiger partial charge in [-0.25, -0.2) is 0 Å². The van der Waals surface area contributed by atoms with Crippen LogP contribution >= 0.6 is 12.8 Å². The lowest BCUT2D eigenvalue weighted by molar-refractivity contribution is -0.156. The van der Waals surface area contributed by atoms with Crippen LogP contribution in [0.15, 0.2) is 0 Å². The van der Waals surface area contributed by atoms with Crippen LogP contribution in [-0.2, 0) is 4.74 Å². The average Bonchev–Trinajstić information content (AvgIpc) is 2.16. The minimum absolute atomic E-state index is 0.533. The molecule has 4 heteroatoms. The van der Waals surface area contributed by atoms with Crippen LogP contribution in [0.2, 0.25) is 0 Å². The summed E-state index contributed by atoms with van der Waals surface area (Å²) in [6, 6.07) is 0. The fourth-order valence-corrected chi connectivity index (χ4v) is 3.98. The molecule has 0 unspecified atom stereocenters. The summed E-state index contributed by atoms with van der Waals surface area (Å²) in [5.41, 5.74) is 0.595. The largest absolute Gasteiger partial charge is 0.375 e. The Morgan fingerprint density at radius 3 is 2.31 bits per heavy atom. The summed E-state index contributed by atoms with van der Waals surface area (Å²) in [5.74, 6) is 0. The lowest BCUT2D eigenvalue weighted by atomic mass is 9.63. The van der Waals surface area contributed by atoms with Crippen molar-refractivity contribution in [1.82, 2.24) is 9.21 Å². The summed E-state index contributed by atoms with van der Waals surface area (Å²) in [5, 5.41) is 0. The van der Waals surface area contributed by atoms with Crippen LogP contribution < -0.4 is 0 Å². The van der Waals surface area contributed by atoms with Crippen molar-refractivity contribution < 1.29 is 4.74 Å². The van der Waals surface area contributed by atoms with Gasteiger partial charge in [-0.15, -0.1) is 0 Å². The highest BCUT2D eigenvalue weighted by atomic mass is 32.1. The predicted molar refractivity (Wildman–Crippen MR) is 67.6 cm³/mol. The van der Waals surface area contributed by atoms with Gasteiger partial charge in [0.05, 0.1) is 12.2 Å². The number of rotatable bonds is 2. The molecule has 2 aliphatic heterocycles. The van der Waals surface area contributed by atoms with E-state index in [0.717, 1.165) is 0 Å². The molecule has 0 N–H and O–H groups in total. The molecule has 92 valence electrons. The first kappa shape index (κ1) is 11.3. The van der Waals surface area contributed by atoms with Crippen LogP contribution in [-0.4, -0.2) is 54.6 Å². The van der Waals surface area contributed by atoms with E-state index >= 15 is 0 Å². The van der Waals surface area contributed by atoms with Gasteiger partial charge in [0, 0.05) is 31.6 Å². The number of ether oxygens (including phenoxy) is 1. The summed E-state index contributed by atoms with van der Waals surface area (Å²) < 4.78 is 8.29. The molecule has 0 amide bonds. The molecule has 3 rings (SSSR count). The Kier molecular flexibility index (Phi) is 2.94. The lowest BCUT2D eigenvalue weighted by Gasteiger charge is -2.57. The van der Waals surface area contributed by atoms with Gasteiger partial charge in [-0.1, -0.05) is 12.8 Å². The molecule has 1 spiro atoms. The second kappa shape index (κ2) is 4.16. The molecule has 1 saturated carbocycles. The van der Waals surface area contributed by atoms with E-state index in [1.54, 1.807) is 0 Å². The van der Waals surface area contributed by atoms with E-state index in [1.807, 2.05) is 0 Å². The first-order chi connectivity index (χ1) is 7.65. The number of thiol groups is 1. The third kappa shape index (κ3) is 2.13. The van der Waals surface area contributed by atoms with Crippen LogP contribution in [0.4, 0.5) is 0 Å². The van der Waals surface area contributed by atoms with Crippen molar-refractivity contribution in [2.24, 2.45) is 5.41 Å². The first-order valence-electron chi connectivity index (χ1n) is 6.43. The highest BCUT2D eigenvalue weighted by molar-refractivity contribution is 7.77. The molecule has 0 atom stereocenters. The number of nitrogens with zero attached hydrogens (tertiary/aromatic N) is 2. The van der Waals surface area contributed by atoms with E-state index in [2.05, 4.69) is 29.1 Å². The minimum Gasteiger partial charge on any atom is -0.375 e. The molecule has 3 nitrogen and oxygen atoms in total. The van der Waals surface area contributed by atoms with Crippen molar-refractivity contribution in [3.8, 4) is 0 Å². The molecular formula is C12H22N2OS. The Bertz CT molecular complexity index is 252. The van der Waals surface area contributed by atoms with Gasteiger partial charge >= 0.3 is 0 Å². The van der Waals surface area contributed by atoms with Crippen LogP contribution in [0, 0.1) is 5.41 Å². The van der Waals surface area contributed by atoms with Crippen molar-refractivity contribution >= 4 is 12.8 Å². The van der Waals surface area contributed by atoms with Crippen LogP contribution in [0.3, 0.4) is 0 Å². The Hall–Kier alpha value is 0.230. The number of hydrogen-bond donors (Lipinski definition) is 1. The zero-order valence-electron chi connectivity index (χ0n) is 10.1. The van der Waals surface area contributed by atoms with E-state index in [-0.39, 0.29) is 0 Å². The van der Waals surface area contributed by atoms with Crippen molar-refractivity contribution in [1.29, 1.82) is 0 Å². The third-order valence-corrected chi connectivity index (χ3v) is 4.69. The van der Waals surface area contributed by atoms with Gasteiger partial charge in [-0.3, -0.25) is 4.31 Å². The molecule has 0 radical (unpaired) electrons. The van der Waals surface area contributed by atoms with Crippen molar-refractivity contribution in [2.45, 2.75) is 37.9 Å². The summed E-state index contributed by atoms with van der Waals surface area (Å²) in [6.07, 6.45) is 6.07. The van der Waals surface area contributed by atoms with Gasteiger partial charge in [-0.05, 0) is 32.7 Å². The molecule has 0 bridgehead atoms. The van der Waals surface area contributed by atoms with Crippen LogP contribution in [0.25, 0.3) is 0 Å². The number of likely N-dealkylation sites (tertiary alicyclic amines) is 1. The first-order valence-corrected chi connectivity index (χ1v) is 6.83. The summed E-state index contributed by atoms with van der Waals surface area (Å²) in [7, 11) is 2.20. The highest BCUT2D eigenvalue weighted by Crippen LogP contribution is 2.50. The molecule has 3 aliphatic rings. The summed E-state index contributed by atoms with van der Waals surface area (Å²) in [6.45, 7) is 4.74. The summed E-state index contributed by atoms with van der Waals surface area (Å²) >= 11 is 4.34. The number of hydrogen-bond acceptors (Lipinski definition) is 4. The van der Waals surface area contributed by atoms with E-state index in [4.69, 9.17) is 4.74 Å². The second-order valence-electron chi connectivity index (χ2n) is 5.99. The molecule has 16 heavy (non-hydrogen) atoms. The summed E-state index contributed by atoms with van der Waals surface area (Å²) in [4.78, 5) is 2.40. The van der Waals surface area contributed by atoms with E-state index in [9.17, 15) is 0 Å². The maximum atomic E-state index is 6.17. The second-order valence-corrected chi connectivity index (χ2v) is 6.56. The molecular weight excluding hydrogens is 220 g/mol. The third-order valence-electron chi connectivity index (χ3n) is 4.41. The molecule has 2 saturated heterocycles. The SMILES string of the molecule is CN1CCC(OC2CC3(C2)CN(S)C3)CC1. The van der Waals surface area contributed by atoms with Gasteiger partial charge < -0.3 is 9.64 Å². The molecule has 0 aromatic heterocycles. The van der Waals surface area contributed by atoms with E-state index in [0.29, 0.717) is 17.6 Å². The Labute approximate surface area is 104 Å². The monoisotopic (exact) mass is 242 g/mol. The van der Waals surface area contributed by atoms with Crippen molar-refractivity contribution in [3.63, 3.8) is 0 Å². The molecule has 0 aromatic carbocycles. The van der Waals surface area contributed by atoms with Gasteiger partial charge in [-0.2, -0.15) is 0 Å². The fraction of sp³-hybridized carbons (Fsp3) is 1.00. The standard InChI is InChI=1S/C12H22N2OS/c1-13-4-2-10(3-5-13)15-11-6-12(7-11)8-14(16)9-12/h10-11,16H,2-9H2,1H3. The zero-order chi connectivity index (χ0) is 11.2.